The van der Waals surface area contributed by atoms with Crippen molar-refractivity contribution in [1.29, 1.82) is 0 Å². The Hall–Kier alpha value is -1.08. The highest BCUT2D eigenvalue weighted by Gasteiger charge is 2.13. The van der Waals surface area contributed by atoms with Crippen molar-refractivity contribution >= 4 is 0 Å². The molecule has 1 aromatic rings. The Morgan fingerprint density at radius 3 is 2.50 bits per heavy atom. The van der Waals surface area contributed by atoms with Crippen LogP contribution in [-0.2, 0) is 6.42 Å². The summed E-state index contributed by atoms with van der Waals surface area (Å²) in [4.78, 5) is 0. The standard InChI is InChI=1S/C17H27N/c1-6-15-11-10-13(3)17(14(15)4)16(7-2)9-8-12-18-5/h8-11,16,18H,6-7,12H2,1-5H3/b9-8-. The molecule has 0 aliphatic heterocycles. The van der Waals surface area contributed by atoms with Gasteiger partial charge in [-0.2, -0.15) is 0 Å². The molecule has 0 amide bonds. The van der Waals surface area contributed by atoms with Crippen LogP contribution in [0.3, 0.4) is 0 Å². The summed E-state index contributed by atoms with van der Waals surface area (Å²) in [5.74, 6) is 0.546. The van der Waals surface area contributed by atoms with Crippen molar-refractivity contribution in [3.8, 4) is 0 Å². The fourth-order valence-electron chi connectivity index (χ4n) is 2.65. The number of rotatable bonds is 6. The van der Waals surface area contributed by atoms with E-state index in [9.17, 15) is 0 Å². The van der Waals surface area contributed by atoms with Gasteiger partial charge < -0.3 is 5.32 Å². The number of nitrogens with one attached hydrogen (secondary N) is 1. The predicted octanol–water partition coefficient (Wildman–Crippen LogP) is 4.14. The summed E-state index contributed by atoms with van der Waals surface area (Å²) < 4.78 is 0. The SMILES string of the molecule is CCc1ccc(C)c(C(/C=C\CNC)CC)c1C. The molecular weight excluding hydrogens is 218 g/mol. The largest absolute Gasteiger partial charge is 0.316 e. The van der Waals surface area contributed by atoms with Crippen molar-refractivity contribution in [1.82, 2.24) is 5.32 Å². The number of hydrogen-bond donors (Lipinski definition) is 1. The lowest BCUT2D eigenvalue weighted by molar-refractivity contribution is 0.781. The van der Waals surface area contributed by atoms with Crippen molar-refractivity contribution in [3.63, 3.8) is 0 Å². The lowest BCUT2D eigenvalue weighted by atomic mass is 9.86. The van der Waals surface area contributed by atoms with E-state index in [0.717, 1.165) is 19.4 Å². The van der Waals surface area contributed by atoms with Crippen LogP contribution in [0.4, 0.5) is 0 Å². The third-order valence-corrected chi connectivity index (χ3v) is 3.73. The van der Waals surface area contributed by atoms with Gasteiger partial charge in [0.05, 0.1) is 0 Å². The van der Waals surface area contributed by atoms with E-state index in [4.69, 9.17) is 0 Å². The maximum Gasteiger partial charge on any atom is 0.0132 e. The fourth-order valence-corrected chi connectivity index (χ4v) is 2.65. The number of allylic oxidation sites excluding steroid dienone is 1. The highest BCUT2D eigenvalue weighted by molar-refractivity contribution is 5.43. The molecule has 18 heavy (non-hydrogen) atoms. The Kier molecular flexibility index (Phi) is 6.14. The molecule has 1 N–H and O–H groups in total. The average Bonchev–Trinajstić information content (AvgIpc) is 2.37. The van der Waals surface area contributed by atoms with E-state index in [1.807, 2.05) is 7.05 Å². The van der Waals surface area contributed by atoms with Gasteiger partial charge >= 0.3 is 0 Å². The van der Waals surface area contributed by atoms with Crippen LogP contribution < -0.4 is 5.32 Å². The average molecular weight is 245 g/mol. The fraction of sp³-hybridized carbons (Fsp3) is 0.529. The first-order valence-electron chi connectivity index (χ1n) is 7.05. The molecule has 100 valence electrons. The maximum absolute atomic E-state index is 3.16. The zero-order valence-corrected chi connectivity index (χ0v) is 12.5. The van der Waals surface area contributed by atoms with Crippen LogP contribution in [0.5, 0.6) is 0 Å². The van der Waals surface area contributed by atoms with Gasteiger partial charge in [-0.05, 0) is 56.0 Å². The molecule has 1 aromatic carbocycles. The van der Waals surface area contributed by atoms with Crippen molar-refractivity contribution in [2.24, 2.45) is 0 Å². The molecule has 0 saturated heterocycles. The van der Waals surface area contributed by atoms with Crippen LogP contribution in [0.1, 0.15) is 48.4 Å². The highest BCUT2D eigenvalue weighted by Crippen LogP contribution is 2.29. The second kappa shape index (κ2) is 7.38. The van der Waals surface area contributed by atoms with E-state index >= 15 is 0 Å². The first-order chi connectivity index (χ1) is 8.65. The van der Waals surface area contributed by atoms with Crippen molar-refractivity contribution in [2.45, 2.75) is 46.5 Å². The molecule has 0 saturated carbocycles. The summed E-state index contributed by atoms with van der Waals surface area (Å²) in [7, 11) is 1.99. The third kappa shape index (κ3) is 3.46. The predicted molar refractivity (Wildman–Crippen MR) is 81.4 cm³/mol. The van der Waals surface area contributed by atoms with Crippen LogP contribution in [0, 0.1) is 13.8 Å². The summed E-state index contributed by atoms with van der Waals surface area (Å²) >= 11 is 0. The van der Waals surface area contributed by atoms with Gasteiger partial charge in [-0.3, -0.25) is 0 Å². The lowest BCUT2D eigenvalue weighted by Crippen LogP contribution is -2.06. The molecule has 0 fully saturated rings. The molecule has 1 nitrogen and oxygen atoms in total. The Morgan fingerprint density at radius 2 is 1.94 bits per heavy atom. The van der Waals surface area contributed by atoms with Gasteiger partial charge in [0.25, 0.3) is 0 Å². The number of likely N-dealkylation sites (N-methyl/N-ethyl adjacent to an activating group) is 1. The number of aryl methyl sites for hydroxylation is 2. The molecule has 0 heterocycles. The molecule has 0 radical (unpaired) electrons. The molecule has 1 atom stereocenters. The Labute approximate surface area is 112 Å². The summed E-state index contributed by atoms with van der Waals surface area (Å²) in [6, 6.07) is 4.55. The van der Waals surface area contributed by atoms with Gasteiger partial charge in [0, 0.05) is 12.5 Å². The van der Waals surface area contributed by atoms with E-state index in [0.29, 0.717) is 5.92 Å². The first-order valence-corrected chi connectivity index (χ1v) is 7.05. The van der Waals surface area contributed by atoms with Gasteiger partial charge in [0.2, 0.25) is 0 Å². The summed E-state index contributed by atoms with van der Waals surface area (Å²) in [6.45, 7) is 9.96. The van der Waals surface area contributed by atoms with Gasteiger partial charge in [0.1, 0.15) is 0 Å². The number of hydrogen-bond acceptors (Lipinski definition) is 1. The van der Waals surface area contributed by atoms with E-state index in [1.165, 1.54) is 22.3 Å². The van der Waals surface area contributed by atoms with Gasteiger partial charge in [-0.15, -0.1) is 0 Å². The third-order valence-electron chi connectivity index (χ3n) is 3.73. The van der Waals surface area contributed by atoms with E-state index in [1.54, 1.807) is 0 Å². The molecule has 0 bridgehead atoms. The van der Waals surface area contributed by atoms with Crippen LogP contribution >= 0.6 is 0 Å². The molecule has 0 spiro atoms. The lowest BCUT2D eigenvalue weighted by Gasteiger charge is -2.19. The second-order valence-corrected chi connectivity index (χ2v) is 4.93. The highest BCUT2D eigenvalue weighted by atomic mass is 14.8. The minimum atomic E-state index is 0.546. The van der Waals surface area contributed by atoms with Crippen molar-refractivity contribution < 1.29 is 0 Å². The zero-order valence-electron chi connectivity index (χ0n) is 12.5. The first kappa shape index (κ1) is 15.0. The van der Waals surface area contributed by atoms with E-state index < -0.39 is 0 Å². The second-order valence-electron chi connectivity index (χ2n) is 4.93. The molecule has 0 aliphatic rings. The Morgan fingerprint density at radius 1 is 1.22 bits per heavy atom. The maximum atomic E-state index is 3.16. The summed E-state index contributed by atoms with van der Waals surface area (Å²) in [5, 5.41) is 3.16. The number of benzene rings is 1. The van der Waals surface area contributed by atoms with Gasteiger partial charge in [-0.25, -0.2) is 0 Å². The summed E-state index contributed by atoms with van der Waals surface area (Å²) in [5.41, 5.74) is 5.92. The van der Waals surface area contributed by atoms with E-state index in [-0.39, 0.29) is 0 Å². The quantitative estimate of drug-likeness (QED) is 0.743. The minimum absolute atomic E-state index is 0.546. The smallest absolute Gasteiger partial charge is 0.0132 e. The molecule has 0 aliphatic carbocycles. The van der Waals surface area contributed by atoms with Crippen LogP contribution in [0.15, 0.2) is 24.3 Å². The Balaban J connectivity index is 3.11. The molecule has 1 rings (SSSR count). The molecule has 1 heteroatoms. The molecular formula is C17H27N. The van der Waals surface area contributed by atoms with Crippen molar-refractivity contribution in [3.05, 3.63) is 46.5 Å². The normalized spacial score (nSPS) is 13.2. The van der Waals surface area contributed by atoms with Crippen LogP contribution in [0.25, 0.3) is 0 Å². The zero-order chi connectivity index (χ0) is 13.5. The van der Waals surface area contributed by atoms with Crippen LogP contribution in [-0.4, -0.2) is 13.6 Å². The van der Waals surface area contributed by atoms with E-state index in [2.05, 4.69) is 57.3 Å². The van der Waals surface area contributed by atoms with Crippen molar-refractivity contribution in [2.75, 3.05) is 13.6 Å². The molecule has 0 aromatic heterocycles. The summed E-state index contributed by atoms with van der Waals surface area (Å²) in [6.07, 6.45) is 6.88. The minimum Gasteiger partial charge on any atom is -0.316 e. The van der Waals surface area contributed by atoms with Crippen LogP contribution in [0.2, 0.25) is 0 Å². The van der Waals surface area contributed by atoms with Gasteiger partial charge in [-0.1, -0.05) is 38.1 Å². The molecule has 1 unspecified atom stereocenters. The Bertz CT molecular complexity index is 404. The monoisotopic (exact) mass is 245 g/mol. The van der Waals surface area contributed by atoms with Gasteiger partial charge in [0.15, 0.2) is 0 Å². The topological polar surface area (TPSA) is 12.0 Å².